The molecule has 0 bridgehead atoms. The lowest BCUT2D eigenvalue weighted by Crippen LogP contribution is -2.23. The molecule has 1 aromatic heterocycles. The Balaban J connectivity index is 1.64. The van der Waals surface area contributed by atoms with Gasteiger partial charge in [0, 0.05) is 5.56 Å². The number of nitrogens with zero attached hydrogens (tertiary/aromatic N) is 2. The molecule has 0 spiro atoms. The molecule has 0 saturated heterocycles. The summed E-state index contributed by atoms with van der Waals surface area (Å²) in [5, 5.41) is 8.59. The zero-order valence-electron chi connectivity index (χ0n) is 13.9. The molecular formula is C18H21N3OS. The van der Waals surface area contributed by atoms with Crippen molar-refractivity contribution in [2.75, 3.05) is 12.4 Å². The fraction of sp³-hybridized carbons (Fsp3) is 0.444. The van der Waals surface area contributed by atoms with Gasteiger partial charge in [-0.3, -0.25) is 0 Å². The summed E-state index contributed by atoms with van der Waals surface area (Å²) in [7, 11) is 1.66. The summed E-state index contributed by atoms with van der Waals surface area (Å²) in [5.74, 6) is 2.18. The smallest absolute Gasteiger partial charge is 0.198 e. The van der Waals surface area contributed by atoms with Crippen LogP contribution in [0.4, 0.5) is 5.69 Å². The Hall–Kier alpha value is -1.88. The van der Waals surface area contributed by atoms with E-state index >= 15 is 0 Å². The lowest BCUT2D eigenvalue weighted by molar-refractivity contribution is 0.417. The number of aromatic nitrogens is 2. The van der Waals surface area contributed by atoms with Gasteiger partial charge in [0.05, 0.1) is 24.2 Å². The average molecular weight is 327 g/mol. The molecule has 2 aliphatic rings. The van der Waals surface area contributed by atoms with Crippen LogP contribution in [0.5, 0.6) is 5.75 Å². The molecule has 4 rings (SSSR count). The van der Waals surface area contributed by atoms with E-state index in [4.69, 9.17) is 22.1 Å². The lowest BCUT2D eigenvalue weighted by atomic mass is 9.98. The summed E-state index contributed by atoms with van der Waals surface area (Å²) in [4.78, 5) is 0. The number of hydrogen-bond acceptors (Lipinski definition) is 3. The highest BCUT2D eigenvalue weighted by molar-refractivity contribution is 7.80. The molecule has 1 heterocycles. The third-order valence-corrected chi connectivity index (χ3v) is 5.80. The van der Waals surface area contributed by atoms with E-state index in [1.54, 1.807) is 7.11 Å². The summed E-state index contributed by atoms with van der Waals surface area (Å²) in [6, 6.07) is 7.78. The topological polar surface area (TPSA) is 39.1 Å². The highest BCUT2D eigenvalue weighted by atomic mass is 32.1. The van der Waals surface area contributed by atoms with Crippen LogP contribution in [0.3, 0.4) is 0 Å². The van der Waals surface area contributed by atoms with Gasteiger partial charge in [-0.2, -0.15) is 5.10 Å². The van der Waals surface area contributed by atoms with Crippen LogP contribution in [-0.4, -0.2) is 22.0 Å². The van der Waals surface area contributed by atoms with Crippen LogP contribution >= 0.6 is 12.2 Å². The van der Waals surface area contributed by atoms with Gasteiger partial charge in [0.15, 0.2) is 5.11 Å². The fourth-order valence-corrected chi connectivity index (χ4v) is 4.44. The molecule has 5 heteroatoms. The molecule has 0 unspecified atom stereocenters. The third kappa shape index (κ3) is 2.02. The van der Waals surface area contributed by atoms with Crippen molar-refractivity contribution in [1.82, 2.24) is 9.78 Å². The van der Waals surface area contributed by atoms with E-state index in [-0.39, 0.29) is 0 Å². The Bertz CT molecular complexity index is 809. The number of rotatable bonds is 2. The molecule has 1 fully saturated rings. The summed E-state index contributed by atoms with van der Waals surface area (Å²) >= 11 is 5.61. The van der Waals surface area contributed by atoms with Gasteiger partial charge in [-0.05, 0) is 54.9 Å². The third-order valence-electron chi connectivity index (χ3n) is 5.52. The minimum Gasteiger partial charge on any atom is -0.495 e. The monoisotopic (exact) mass is 327 g/mol. The summed E-state index contributed by atoms with van der Waals surface area (Å²) in [6.45, 7) is 6.80. The number of hydrogen-bond donors (Lipinski definition) is 1. The second-order valence-corrected chi connectivity index (χ2v) is 7.48. The van der Waals surface area contributed by atoms with Gasteiger partial charge in [0.2, 0.25) is 0 Å². The number of thiocarbonyl (C=S) groups is 1. The Morgan fingerprint density at radius 1 is 1.39 bits per heavy atom. The van der Waals surface area contributed by atoms with Crippen molar-refractivity contribution in [2.45, 2.75) is 33.1 Å². The van der Waals surface area contributed by atoms with Crippen LogP contribution in [0.25, 0.3) is 0 Å². The molecule has 0 radical (unpaired) electrons. The second-order valence-electron chi connectivity index (χ2n) is 7.10. The van der Waals surface area contributed by atoms with E-state index in [9.17, 15) is 0 Å². The quantitative estimate of drug-likeness (QED) is 0.853. The maximum atomic E-state index is 5.61. The van der Waals surface area contributed by atoms with Crippen LogP contribution in [-0.2, 0) is 6.42 Å². The number of nitrogens with one attached hydrogen (secondary N) is 1. The van der Waals surface area contributed by atoms with Crippen molar-refractivity contribution < 1.29 is 4.74 Å². The first kappa shape index (κ1) is 14.7. The number of aryl methyl sites for hydroxylation is 1. The summed E-state index contributed by atoms with van der Waals surface area (Å²) in [5.41, 5.74) is 5.10. The minimum absolute atomic E-state index is 0.420. The highest BCUT2D eigenvalue weighted by Crippen LogP contribution is 2.70. The van der Waals surface area contributed by atoms with E-state index in [0.717, 1.165) is 29.5 Å². The number of benzene rings is 1. The zero-order valence-corrected chi connectivity index (χ0v) is 14.7. The molecule has 0 amide bonds. The van der Waals surface area contributed by atoms with Gasteiger partial charge < -0.3 is 10.1 Å². The van der Waals surface area contributed by atoms with Gasteiger partial charge >= 0.3 is 0 Å². The first-order valence-corrected chi connectivity index (χ1v) is 8.38. The summed E-state index contributed by atoms with van der Waals surface area (Å²) < 4.78 is 7.29. The van der Waals surface area contributed by atoms with Crippen molar-refractivity contribution in [1.29, 1.82) is 0 Å². The van der Waals surface area contributed by atoms with Gasteiger partial charge in [-0.15, -0.1) is 0 Å². The zero-order chi connectivity index (χ0) is 16.4. The van der Waals surface area contributed by atoms with Crippen LogP contribution in [0.2, 0.25) is 0 Å². The molecular weight excluding hydrogens is 306 g/mol. The van der Waals surface area contributed by atoms with Gasteiger partial charge in [-0.1, -0.05) is 26.0 Å². The van der Waals surface area contributed by atoms with E-state index in [1.165, 1.54) is 11.3 Å². The first-order valence-electron chi connectivity index (χ1n) is 7.98. The summed E-state index contributed by atoms with van der Waals surface area (Å²) in [6.07, 6.45) is 1.07. The van der Waals surface area contributed by atoms with Crippen LogP contribution in [0.15, 0.2) is 24.3 Å². The number of fused-ring (bicyclic) bond motifs is 3. The Morgan fingerprint density at radius 3 is 2.87 bits per heavy atom. The standard InChI is InChI=1S/C18H21N3OS/c1-10-15-13(9-11-16(15)18(11,2)3)21(20-10)17(23)19-12-7-5-6-8-14(12)22-4/h5-8,11,16H,9H2,1-4H3,(H,19,23)/t11-,16-/m1/s1. The normalized spacial score (nSPS) is 23.1. The number of methoxy groups -OCH3 is 1. The van der Waals surface area contributed by atoms with E-state index in [0.29, 0.717) is 16.4 Å². The van der Waals surface area contributed by atoms with Crippen molar-refractivity contribution in [3.8, 4) is 5.75 Å². The SMILES string of the molecule is COc1ccccc1NC(=S)n1nc(C)c2c1C[C@@H]1[C@H]2C1(C)C. The number of anilines is 1. The maximum Gasteiger partial charge on any atom is 0.198 e. The van der Waals surface area contributed by atoms with Crippen LogP contribution in [0.1, 0.15) is 36.7 Å². The Labute approximate surface area is 141 Å². The molecule has 2 aromatic rings. The van der Waals surface area contributed by atoms with E-state index < -0.39 is 0 Å². The lowest BCUT2D eigenvalue weighted by Gasteiger charge is -2.14. The molecule has 23 heavy (non-hydrogen) atoms. The molecule has 0 aliphatic heterocycles. The molecule has 1 saturated carbocycles. The van der Waals surface area contributed by atoms with E-state index in [1.807, 2.05) is 28.9 Å². The van der Waals surface area contributed by atoms with Gasteiger partial charge in [0.1, 0.15) is 5.75 Å². The van der Waals surface area contributed by atoms with Crippen molar-refractivity contribution in [3.05, 3.63) is 41.2 Å². The average Bonchev–Trinajstić information content (AvgIpc) is 2.86. The van der Waals surface area contributed by atoms with Gasteiger partial charge in [0.25, 0.3) is 0 Å². The second kappa shape index (κ2) is 4.81. The highest BCUT2D eigenvalue weighted by Gasteiger charge is 2.63. The van der Waals surface area contributed by atoms with Crippen molar-refractivity contribution in [3.63, 3.8) is 0 Å². The van der Waals surface area contributed by atoms with E-state index in [2.05, 4.69) is 26.1 Å². The predicted octanol–water partition coefficient (Wildman–Crippen LogP) is 3.74. The Morgan fingerprint density at radius 2 is 2.13 bits per heavy atom. The molecule has 2 aliphatic carbocycles. The maximum absolute atomic E-state index is 5.61. The van der Waals surface area contributed by atoms with Crippen LogP contribution in [0, 0.1) is 18.3 Å². The predicted molar refractivity (Wildman–Crippen MR) is 95.3 cm³/mol. The molecule has 1 aromatic carbocycles. The van der Waals surface area contributed by atoms with Gasteiger partial charge in [-0.25, -0.2) is 4.68 Å². The van der Waals surface area contributed by atoms with Crippen LogP contribution < -0.4 is 10.1 Å². The van der Waals surface area contributed by atoms with Crippen molar-refractivity contribution in [2.24, 2.45) is 11.3 Å². The molecule has 120 valence electrons. The molecule has 2 atom stereocenters. The Kier molecular flexibility index (Phi) is 3.07. The number of ether oxygens (including phenoxy) is 1. The first-order chi connectivity index (χ1) is 10.9. The minimum atomic E-state index is 0.420. The van der Waals surface area contributed by atoms with Crippen molar-refractivity contribution >= 4 is 23.0 Å². The largest absolute Gasteiger partial charge is 0.495 e. The molecule has 1 N–H and O–H groups in total. The molecule has 4 nitrogen and oxygen atoms in total. The number of para-hydroxylation sites is 2. The fourth-order valence-electron chi connectivity index (χ4n) is 4.18.